The predicted molar refractivity (Wildman–Crippen MR) is 243 cm³/mol. The van der Waals surface area contributed by atoms with E-state index in [2.05, 4.69) is 158 Å². The van der Waals surface area contributed by atoms with Crippen molar-refractivity contribution in [3.8, 4) is 79.4 Å². The number of hydrogen-bond acceptors (Lipinski definition) is 5. The van der Waals surface area contributed by atoms with E-state index in [0.717, 1.165) is 55.3 Å². The first-order valence-electron chi connectivity index (χ1n) is 20.5. The highest BCUT2D eigenvalue weighted by molar-refractivity contribution is 6.04. The van der Waals surface area contributed by atoms with Crippen LogP contribution in [0.2, 0.25) is 0 Å². The van der Waals surface area contributed by atoms with Crippen LogP contribution < -0.4 is 9.47 Å². The molecule has 0 bridgehead atoms. The maximum atomic E-state index is 6.94. The van der Waals surface area contributed by atoms with E-state index in [-0.39, 0.29) is 0 Å². The Morgan fingerprint density at radius 2 is 0.869 bits per heavy atom. The number of benzene rings is 9. The first-order valence-corrected chi connectivity index (χ1v) is 20.5. The lowest BCUT2D eigenvalue weighted by atomic mass is 9.68. The summed E-state index contributed by atoms with van der Waals surface area (Å²) in [5.74, 6) is 4.30. The minimum absolute atomic E-state index is 0.538. The Bertz CT molecular complexity index is 3260. The van der Waals surface area contributed by atoms with Gasteiger partial charge < -0.3 is 9.47 Å². The van der Waals surface area contributed by atoms with Crippen LogP contribution in [0.1, 0.15) is 22.3 Å². The zero-order valence-corrected chi connectivity index (χ0v) is 32.9. The molecule has 10 aromatic rings. The molecule has 0 spiro atoms. The number of nitrogens with zero attached hydrogens (tertiary/aromatic N) is 3. The van der Waals surface area contributed by atoms with Crippen molar-refractivity contribution >= 4 is 10.8 Å². The van der Waals surface area contributed by atoms with Crippen LogP contribution >= 0.6 is 0 Å². The van der Waals surface area contributed by atoms with E-state index in [0.29, 0.717) is 40.5 Å². The van der Waals surface area contributed by atoms with Crippen molar-refractivity contribution < 1.29 is 9.47 Å². The second-order valence-corrected chi connectivity index (χ2v) is 15.5. The summed E-state index contributed by atoms with van der Waals surface area (Å²) in [5, 5.41) is 2.20. The Morgan fingerprint density at radius 3 is 1.57 bits per heavy atom. The van der Waals surface area contributed by atoms with Crippen LogP contribution in [0, 0.1) is 0 Å². The van der Waals surface area contributed by atoms with Crippen LogP contribution in [0.4, 0.5) is 0 Å². The molecule has 0 saturated carbocycles. The third-order valence-corrected chi connectivity index (χ3v) is 12.1. The molecule has 12 rings (SSSR count). The average Bonchev–Trinajstić information content (AvgIpc) is 3.65. The molecular formula is C56H35N3O2. The summed E-state index contributed by atoms with van der Waals surface area (Å²) in [6, 6.07) is 73.7. The van der Waals surface area contributed by atoms with Gasteiger partial charge in [-0.2, -0.15) is 0 Å². The van der Waals surface area contributed by atoms with E-state index in [1.807, 2.05) is 54.6 Å². The van der Waals surface area contributed by atoms with Gasteiger partial charge in [-0.05, 0) is 80.0 Å². The molecule has 9 aromatic carbocycles. The molecule has 61 heavy (non-hydrogen) atoms. The minimum Gasteiger partial charge on any atom is -0.449 e. The van der Waals surface area contributed by atoms with Crippen LogP contribution in [0.15, 0.2) is 212 Å². The summed E-state index contributed by atoms with van der Waals surface area (Å²) in [6.45, 7) is 0. The Labute approximate surface area is 353 Å². The fourth-order valence-electron chi connectivity index (χ4n) is 9.41. The SMILES string of the molecule is c1ccc(-c2nc(-c3ccc4c(c3)Oc3ccc5c(c3O4)-c3ccccc3C5(c3ccccc3)c3ccccc3)nc(-c3ccc(-c4ccccc4)c4ccccc34)n2)cc1. The number of aromatic nitrogens is 3. The molecule has 0 atom stereocenters. The van der Waals surface area contributed by atoms with Crippen LogP contribution in [0.5, 0.6) is 23.0 Å². The number of ether oxygens (including phenoxy) is 2. The molecule has 0 saturated heterocycles. The van der Waals surface area contributed by atoms with Crippen molar-refractivity contribution in [3.05, 3.63) is 235 Å². The molecule has 0 N–H and O–H groups in total. The summed E-state index contributed by atoms with van der Waals surface area (Å²) in [4.78, 5) is 15.3. The van der Waals surface area contributed by atoms with Crippen molar-refractivity contribution in [2.75, 3.05) is 0 Å². The van der Waals surface area contributed by atoms with E-state index in [1.165, 1.54) is 16.7 Å². The molecule has 2 aliphatic rings. The topological polar surface area (TPSA) is 57.1 Å². The predicted octanol–water partition coefficient (Wildman–Crippen LogP) is 14.0. The smallest absolute Gasteiger partial charge is 0.178 e. The normalized spacial score (nSPS) is 13.0. The summed E-state index contributed by atoms with van der Waals surface area (Å²) in [7, 11) is 0. The third kappa shape index (κ3) is 5.52. The van der Waals surface area contributed by atoms with Gasteiger partial charge in [0.25, 0.3) is 0 Å². The molecule has 5 heteroatoms. The van der Waals surface area contributed by atoms with Gasteiger partial charge in [0.05, 0.1) is 5.41 Å². The van der Waals surface area contributed by atoms with E-state index in [9.17, 15) is 0 Å². The van der Waals surface area contributed by atoms with Crippen LogP contribution in [-0.4, -0.2) is 15.0 Å². The maximum absolute atomic E-state index is 6.94. The van der Waals surface area contributed by atoms with Crippen molar-refractivity contribution in [2.24, 2.45) is 0 Å². The maximum Gasteiger partial charge on any atom is 0.178 e. The van der Waals surface area contributed by atoms with E-state index in [4.69, 9.17) is 24.4 Å². The molecule has 1 aromatic heterocycles. The lowest BCUT2D eigenvalue weighted by Gasteiger charge is -2.34. The summed E-state index contributed by atoms with van der Waals surface area (Å²) in [5.41, 5.74) is 11.3. The van der Waals surface area contributed by atoms with Gasteiger partial charge in [0.2, 0.25) is 0 Å². The standard InChI is InChI=1S/C56H35N3O2/c1-5-17-36(18-6-1)41-30-31-44(43-26-14-13-25-42(41)43)55-58-53(37-19-7-2-8-20-37)57-54(59-55)38-29-33-48-50(35-38)60-49-34-32-47-51(52(49)61-48)45-27-15-16-28-46(45)56(47,39-21-9-3-10-22-39)40-23-11-4-12-24-40/h1-35H. The van der Waals surface area contributed by atoms with Crippen molar-refractivity contribution in [3.63, 3.8) is 0 Å². The molecule has 0 radical (unpaired) electrons. The zero-order chi connectivity index (χ0) is 40.3. The van der Waals surface area contributed by atoms with E-state index < -0.39 is 5.41 Å². The molecule has 286 valence electrons. The van der Waals surface area contributed by atoms with Crippen LogP contribution in [-0.2, 0) is 5.41 Å². The Balaban J connectivity index is 0.982. The quantitative estimate of drug-likeness (QED) is 0.168. The first kappa shape index (κ1) is 34.9. The number of rotatable bonds is 6. The fourth-order valence-corrected chi connectivity index (χ4v) is 9.41. The van der Waals surface area contributed by atoms with Gasteiger partial charge in [-0.15, -0.1) is 0 Å². The fraction of sp³-hybridized carbons (Fsp3) is 0.0179. The number of hydrogen-bond donors (Lipinski definition) is 0. The highest BCUT2D eigenvalue weighted by Gasteiger charge is 2.48. The molecule has 0 amide bonds. The molecule has 5 nitrogen and oxygen atoms in total. The third-order valence-electron chi connectivity index (χ3n) is 12.1. The van der Waals surface area contributed by atoms with Gasteiger partial charge in [0.15, 0.2) is 40.5 Å². The monoisotopic (exact) mass is 781 g/mol. The second kappa shape index (κ2) is 14.0. The van der Waals surface area contributed by atoms with Crippen molar-refractivity contribution in [1.82, 2.24) is 15.0 Å². The Kier molecular flexibility index (Phi) is 8.00. The number of fused-ring (bicyclic) bond motifs is 7. The molecule has 1 aliphatic heterocycles. The zero-order valence-electron chi connectivity index (χ0n) is 32.9. The van der Waals surface area contributed by atoms with Crippen LogP contribution in [0.25, 0.3) is 67.2 Å². The van der Waals surface area contributed by atoms with Gasteiger partial charge in [-0.3, -0.25) is 0 Å². The molecule has 2 heterocycles. The van der Waals surface area contributed by atoms with E-state index >= 15 is 0 Å². The lowest BCUT2D eigenvalue weighted by Crippen LogP contribution is -2.28. The minimum atomic E-state index is -0.545. The van der Waals surface area contributed by atoms with Gasteiger partial charge >= 0.3 is 0 Å². The second-order valence-electron chi connectivity index (χ2n) is 15.5. The summed E-state index contributed by atoms with van der Waals surface area (Å²) >= 11 is 0. The molecule has 0 unspecified atom stereocenters. The summed E-state index contributed by atoms with van der Waals surface area (Å²) < 4.78 is 13.7. The van der Waals surface area contributed by atoms with Gasteiger partial charge in [0.1, 0.15) is 0 Å². The Morgan fingerprint density at radius 1 is 0.328 bits per heavy atom. The van der Waals surface area contributed by atoms with Crippen molar-refractivity contribution in [1.29, 1.82) is 0 Å². The average molecular weight is 782 g/mol. The summed E-state index contributed by atoms with van der Waals surface area (Å²) in [6.07, 6.45) is 0. The highest BCUT2D eigenvalue weighted by Crippen LogP contribution is 2.62. The van der Waals surface area contributed by atoms with Crippen LogP contribution in [0.3, 0.4) is 0 Å². The van der Waals surface area contributed by atoms with Gasteiger partial charge in [0, 0.05) is 22.3 Å². The molecule has 1 aliphatic carbocycles. The highest BCUT2D eigenvalue weighted by atomic mass is 16.6. The van der Waals surface area contributed by atoms with Gasteiger partial charge in [-0.1, -0.05) is 182 Å². The van der Waals surface area contributed by atoms with E-state index in [1.54, 1.807) is 0 Å². The van der Waals surface area contributed by atoms with Crippen molar-refractivity contribution in [2.45, 2.75) is 5.41 Å². The lowest BCUT2D eigenvalue weighted by molar-refractivity contribution is 0.360. The molecular weight excluding hydrogens is 747 g/mol. The van der Waals surface area contributed by atoms with Gasteiger partial charge in [-0.25, -0.2) is 15.0 Å². The molecule has 0 fully saturated rings. The Hall–Kier alpha value is -8.15. The largest absolute Gasteiger partial charge is 0.449 e. The first-order chi connectivity index (χ1) is 30.2.